The molecule has 6 amide bonds. The van der Waals surface area contributed by atoms with Crippen LogP contribution >= 0.6 is 11.3 Å². The van der Waals surface area contributed by atoms with Crippen LogP contribution in [0.15, 0.2) is 66.9 Å². The van der Waals surface area contributed by atoms with Crippen molar-refractivity contribution in [2.24, 2.45) is 0 Å². The van der Waals surface area contributed by atoms with Gasteiger partial charge in [0.1, 0.15) is 17.8 Å². The number of carbonyl (C=O) groups is 6. The van der Waals surface area contributed by atoms with Crippen LogP contribution in [-0.4, -0.2) is 74.9 Å². The molecule has 2 unspecified atom stereocenters. The van der Waals surface area contributed by atoms with Crippen molar-refractivity contribution in [3.63, 3.8) is 0 Å². The van der Waals surface area contributed by atoms with Crippen LogP contribution in [0.4, 0.5) is 18.9 Å². The number of hydrogen-bond donors (Lipinski definition) is 4. The molecule has 1 fully saturated rings. The van der Waals surface area contributed by atoms with Crippen LogP contribution in [0.25, 0.3) is 11.3 Å². The molecule has 0 spiro atoms. The fourth-order valence-electron chi connectivity index (χ4n) is 7.99. The molecule has 2 aliphatic rings. The number of nitrogens with one attached hydrogen (secondary N) is 4. The van der Waals surface area contributed by atoms with E-state index in [0.717, 1.165) is 28.2 Å². The lowest BCUT2D eigenvalue weighted by Crippen LogP contribution is -2.56. The summed E-state index contributed by atoms with van der Waals surface area (Å²) >= 11 is 1.34. The Morgan fingerprint density at radius 3 is 2.39 bits per heavy atom. The van der Waals surface area contributed by atoms with Crippen molar-refractivity contribution in [3.05, 3.63) is 98.9 Å². The predicted molar refractivity (Wildman–Crippen MR) is 222 cm³/mol. The minimum absolute atomic E-state index is 0.00776. The van der Waals surface area contributed by atoms with E-state index in [-0.39, 0.29) is 36.8 Å². The molecule has 2 aromatic heterocycles. The summed E-state index contributed by atoms with van der Waals surface area (Å²) in [4.78, 5) is 86.3. The molecule has 0 saturated carbocycles. The number of fused-ring (bicyclic) bond motifs is 1. The molecular formula is C44H47F3N6O7S. The molecule has 322 valence electrons. The summed E-state index contributed by atoms with van der Waals surface area (Å²) in [6.45, 7) is 11.3. The lowest BCUT2D eigenvalue weighted by molar-refractivity contribution is -0.274. The third-order valence-corrected chi connectivity index (χ3v) is 11.4. The molecule has 0 radical (unpaired) electrons. The van der Waals surface area contributed by atoms with Crippen LogP contribution < -0.4 is 26.0 Å². The molecule has 17 heteroatoms. The summed E-state index contributed by atoms with van der Waals surface area (Å²) in [7, 11) is 0. The van der Waals surface area contributed by atoms with E-state index in [1.54, 1.807) is 30.3 Å². The Hall–Kier alpha value is -6.10. The third-order valence-electron chi connectivity index (χ3n) is 10.3. The van der Waals surface area contributed by atoms with Crippen LogP contribution in [0.5, 0.6) is 5.75 Å². The molecule has 4 N–H and O–H groups in total. The van der Waals surface area contributed by atoms with Gasteiger partial charge in [-0.25, -0.2) is 0 Å². The maximum atomic E-state index is 14.2. The van der Waals surface area contributed by atoms with E-state index in [1.807, 2.05) is 47.6 Å². The van der Waals surface area contributed by atoms with Crippen LogP contribution in [0.2, 0.25) is 0 Å². The van der Waals surface area contributed by atoms with E-state index >= 15 is 0 Å². The van der Waals surface area contributed by atoms with E-state index in [9.17, 15) is 41.9 Å². The number of benzene rings is 2. The van der Waals surface area contributed by atoms with Gasteiger partial charge in [0, 0.05) is 46.2 Å². The fraction of sp³-hybridized carbons (Fsp3) is 0.386. The van der Waals surface area contributed by atoms with Crippen molar-refractivity contribution < 1.29 is 46.7 Å². The summed E-state index contributed by atoms with van der Waals surface area (Å²) in [5.41, 5.74) is 1.21. The number of rotatable bonds is 15. The number of carbonyl (C=O) groups excluding carboxylic acids is 6. The van der Waals surface area contributed by atoms with Gasteiger partial charge in [0.15, 0.2) is 0 Å². The highest BCUT2D eigenvalue weighted by Crippen LogP contribution is 2.35. The van der Waals surface area contributed by atoms with Gasteiger partial charge in [-0.3, -0.25) is 44.0 Å². The number of alkyl halides is 3. The summed E-state index contributed by atoms with van der Waals surface area (Å²) in [5, 5.41) is 11.6. The Morgan fingerprint density at radius 1 is 0.984 bits per heavy atom. The van der Waals surface area contributed by atoms with Crippen LogP contribution in [0, 0.1) is 6.92 Å². The first kappa shape index (κ1) is 44.5. The smallest absolute Gasteiger partial charge is 0.406 e. The number of nitrogens with zero attached hydrogens (tertiary/aromatic N) is 2. The van der Waals surface area contributed by atoms with Gasteiger partial charge >= 0.3 is 6.36 Å². The highest BCUT2D eigenvalue weighted by molar-refractivity contribution is 7.14. The van der Waals surface area contributed by atoms with Gasteiger partial charge in [-0.05, 0) is 101 Å². The molecule has 4 heterocycles. The monoisotopic (exact) mass is 860 g/mol. The second kappa shape index (κ2) is 17.5. The summed E-state index contributed by atoms with van der Waals surface area (Å²) < 4.78 is 42.6. The minimum atomic E-state index is -4.86. The number of anilines is 1. The van der Waals surface area contributed by atoms with E-state index < -0.39 is 70.7 Å². The summed E-state index contributed by atoms with van der Waals surface area (Å²) in [5.74, 6) is -3.78. The van der Waals surface area contributed by atoms with Crippen LogP contribution in [0.1, 0.15) is 107 Å². The topological polar surface area (TPSA) is 176 Å². The van der Waals surface area contributed by atoms with Crippen molar-refractivity contribution in [1.82, 2.24) is 25.8 Å². The first-order valence-electron chi connectivity index (χ1n) is 19.8. The van der Waals surface area contributed by atoms with Crippen molar-refractivity contribution >= 4 is 52.5 Å². The highest BCUT2D eigenvalue weighted by Gasteiger charge is 2.46. The second-order valence-electron chi connectivity index (χ2n) is 16.5. The number of aryl methyl sites for hydroxylation is 2. The number of halogens is 3. The van der Waals surface area contributed by atoms with E-state index in [2.05, 4.69) is 31.0 Å². The van der Waals surface area contributed by atoms with E-state index in [1.165, 1.54) is 41.8 Å². The number of ether oxygens (including phenoxy) is 1. The van der Waals surface area contributed by atoms with Crippen molar-refractivity contribution in [2.75, 3.05) is 5.32 Å². The molecule has 2 atom stereocenters. The molecule has 2 aliphatic heterocycles. The average Bonchev–Trinajstić information content (AvgIpc) is 3.65. The van der Waals surface area contributed by atoms with Crippen molar-refractivity contribution in [3.8, 4) is 17.0 Å². The zero-order valence-electron chi connectivity index (χ0n) is 34.5. The summed E-state index contributed by atoms with van der Waals surface area (Å²) in [6.07, 6.45) is -1.33. The molecule has 1 saturated heterocycles. The average molecular weight is 861 g/mol. The second-order valence-corrected chi connectivity index (χ2v) is 17.8. The van der Waals surface area contributed by atoms with Gasteiger partial charge in [-0.1, -0.05) is 37.6 Å². The number of hydrogen-bond acceptors (Lipinski definition) is 10. The number of pyridine rings is 1. The first-order chi connectivity index (χ1) is 28.6. The quantitative estimate of drug-likeness (QED) is 0.0929. The van der Waals surface area contributed by atoms with Crippen molar-refractivity contribution in [2.45, 2.75) is 110 Å². The molecule has 4 aromatic rings. The van der Waals surface area contributed by atoms with E-state index in [0.29, 0.717) is 27.4 Å². The molecule has 6 rings (SSSR count). The maximum absolute atomic E-state index is 14.2. The van der Waals surface area contributed by atoms with E-state index in [4.69, 9.17) is 0 Å². The van der Waals surface area contributed by atoms with Gasteiger partial charge in [0.2, 0.25) is 17.7 Å². The molecule has 0 aliphatic carbocycles. The largest absolute Gasteiger partial charge is 0.573 e. The van der Waals surface area contributed by atoms with Crippen LogP contribution in [0.3, 0.4) is 0 Å². The van der Waals surface area contributed by atoms with Gasteiger partial charge in [0.05, 0.1) is 21.7 Å². The number of imide groups is 2. The Morgan fingerprint density at radius 2 is 1.72 bits per heavy atom. The minimum Gasteiger partial charge on any atom is -0.406 e. The first-order valence-corrected chi connectivity index (χ1v) is 20.6. The zero-order chi connectivity index (χ0) is 44.4. The number of amides is 6. The molecular weight excluding hydrogens is 814 g/mol. The van der Waals surface area contributed by atoms with Gasteiger partial charge < -0.3 is 20.7 Å². The van der Waals surface area contributed by atoms with Crippen LogP contribution in [-0.2, 0) is 27.2 Å². The van der Waals surface area contributed by atoms with Gasteiger partial charge in [0.25, 0.3) is 17.7 Å². The predicted octanol–water partition coefficient (Wildman–Crippen LogP) is 6.89. The lowest BCUT2D eigenvalue weighted by Gasteiger charge is -2.38. The number of piperidine rings is 1. The summed E-state index contributed by atoms with van der Waals surface area (Å²) in [6, 6.07) is 13.1. The van der Waals surface area contributed by atoms with Gasteiger partial charge in [-0.2, -0.15) is 0 Å². The Balaban J connectivity index is 1.19. The third kappa shape index (κ3) is 10.6. The Labute approximate surface area is 354 Å². The SMILES string of the molecule is CCCc1cc(C(=O)NC(Cc2ccc(-c3cccc(OC(F)(F)F)c3)nc2)C(=O)NC(C)(C)CC(C)(C)Nc2cccc3c2C(=O)N(C2CCC(=O)NC2=O)C3=O)sc1C. The maximum Gasteiger partial charge on any atom is 0.573 e. The molecule has 61 heavy (non-hydrogen) atoms. The number of aromatic nitrogens is 1. The Bertz CT molecular complexity index is 2380. The van der Waals surface area contributed by atoms with Gasteiger partial charge in [-0.15, -0.1) is 24.5 Å². The molecule has 2 aromatic carbocycles. The lowest BCUT2D eigenvalue weighted by atomic mass is 9.86. The Kier molecular flexibility index (Phi) is 12.7. The normalized spacial score (nSPS) is 16.2. The van der Waals surface area contributed by atoms with Crippen molar-refractivity contribution in [1.29, 1.82) is 0 Å². The fourth-order valence-corrected chi connectivity index (χ4v) is 8.96. The number of thiophene rings is 1. The molecule has 13 nitrogen and oxygen atoms in total. The zero-order valence-corrected chi connectivity index (χ0v) is 35.4. The highest BCUT2D eigenvalue weighted by atomic mass is 32.1. The standard InChI is InChI=1S/C44H47F3N6O7S/c1-7-10-26-21-34(61-24(26)2)39(57)49-32(19-25-15-16-30(48-22-25)27-11-8-12-28(20-27)60-44(45,46)47)37(55)52-43(5,6)23-42(3,4)51-31-14-9-13-29-36(31)41(59)53(40(29)58)33-17-18-35(54)50-38(33)56/h8-9,11-16,20-22,32-33,51H,7,10,17-19,23H2,1-6H3,(H,49,57)(H,52,55)(H,50,54,56). The molecule has 0 bridgehead atoms.